The number of halogens is 3. The summed E-state index contributed by atoms with van der Waals surface area (Å²) in [6.45, 7) is 3.11. The molecule has 0 radical (unpaired) electrons. The first-order valence-corrected chi connectivity index (χ1v) is 14.2. The van der Waals surface area contributed by atoms with Gasteiger partial charge in [0.2, 0.25) is 11.9 Å². The van der Waals surface area contributed by atoms with Crippen LogP contribution in [-0.4, -0.2) is 65.8 Å². The summed E-state index contributed by atoms with van der Waals surface area (Å²) in [5.41, 5.74) is 4.39. The van der Waals surface area contributed by atoms with Crippen LogP contribution in [0.5, 0.6) is 0 Å². The maximum Gasteiger partial charge on any atom is 0.405 e. The molecule has 2 aliphatic rings. The Bertz CT molecular complexity index is 1510. The number of rotatable bonds is 8. The third-order valence-corrected chi connectivity index (χ3v) is 8.60. The summed E-state index contributed by atoms with van der Waals surface area (Å²) >= 11 is 0. The largest absolute Gasteiger partial charge is 0.405 e. The zero-order valence-corrected chi connectivity index (χ0v) is 23.1. The molecular weight excluding hydrogens is 527 g/mol. The molecule has 1 fully saturated rings. The first-order valence-electron chi connectivity index (χ1n) is 14.2. The SMILES string of the molecule is Cn1c(N2CCN(CCCCC3(C(=O)NCC(F)(F)F)c4ccccc4-c4ccccc43)CC2)nc2ccccc21. The molecule has 1 aliphatic heterocycles. The number of alkyl halides is 3. The van der Waals surface area contributed by atoms with Gasteiger partial charge in [-0.1, -0.05) is 67.1 Å². The van der Waals surface area contributed by atoms with E-state index in [2.05, 4.69) is 32.8 Å². The Morgan fingerprint density at radius 1 is 0.878 bits per heavy atom. The van der Waals surface area contributed by atoms with E-state index in [1.165, 1.54) is 0 Å². The van der Waals surface area contributed by atoms with Gasteiger partial charge in [0.05, 0.1) is 11.0 Å². The van der Waals surface area contributed by atoms with Crippen LogP contribution in [0.25, 0.3) is 22.2 Å². The van der Waals surface area contributed by atoms with Crippen LogP contribution in [0.3, 0.4) is 0 Å². The number of hydrogen-bond acceptors (Lipinski definition) is 4. The number of piperazine rings is 1. The van der Waals surface area contributed by atoms with Gasteiger partial charge in [-0.15, -0.1) is 0 Å². The quantitative estimate of drug-likeness (QED) is 0.288. The smallest absolute Gasteiger partial charge is 0.346 e. The first-order chi connectivity index (χ1) is 19.8. The zero-order valence-electron chi connectivity index (χ0n) is 23.1. The molecule has 1 amide bonds. The molecule has 0 saturated carbocycles. The number of anilines is 1. The van der Waals surface area contributed by atoms with Crippen molar-refractivity contribution in [3.8, 4) is 11.1 Å². The summed E-state index contributed by atoms with van der Waals surface area (Å²) in [5.74, 6) is 0.402. The van der Waals surface area contributed by atoms with Gasteiger partial charge < -0.3 is 14.8 Å². The molecule has 1 N–H and O–H groups in total. The molecule has 4 aromatic rings. The standard InChI is InChI=1S/C32H34F3N5O/c1-38-28-15-7-6-14-27(28)37-30(38)40-20-18-39(19-21-40)17-9-8-16-31(29(41)36-22-32(33,34)35)25-12-4-2-10-23(25)24-11-3-5-13-26(24)31/h2-7,10-15H,8-9,16-22H2,1H3,(H,36,41). The molecule has 6 nitrogen and oxygen atoms in total. The number of aromatic nitrogens is 2. The highest BCUT2D eigenvalue weighted by molar-refractivity contribution is 6.00. The summed E-state index contributed by atoms with van der Waals surface area (Å²) in [6, 6.07) is 23.4. The van der Waals surface area contributed by atoms with Crippen molar-refractivity contribution in [3.63, 3.8) is 0 Å². The molecule has 6 rings (SSSR count). The van der Waals surface area contributed by atoms with E-state index in [1.54, 1.807) is 0 Å². The van der Waals surface area contributed by atoms with E-state index < -0.39 is 24.0 Å². The fourth-order valence-electron chi connectivity index (χ4n) is 6.60. The first kappa shape index (κ1) is 27.3. The van der Waals surface area contributed by atoms with E-state index in [-0.39, 0.29) is 0 Å². The molecule has 1 saturated heterocycles. The van der Waals surface area contributed by atoms with Crippen molar-refractivity contribution in [1.82, 2.24) is 19.8 Å². The Hall–Kier alpha value is -3.85. The number of nitrogens with zero attached hydrogens (tertiary/aromatic N) is 4. The lowest BCUT2D eigenvalue weighted by Crippen LogP contribution is -2.48. The van der Waals surface area contributed by atoms with Crippen LogP contribution in [0.1, 0.15) is 30.4 Å². The Kier molecular flexibility index (Phi) is 7.23. The summed E-state index contributed by atoms with van der Waals surface area (Å²) < 4.78 is 41.5. The molecule has 3 aromatic carbocycles. The lowest BCUT2D eigenvalue weighted by Gasteiger charge is -2.35. The van der Waals surface area contributed by atoms with Crippen LogP contribution in [0.4, 0.5) is 19.1 Å². The third kappa shape index (κ3) is 5.07. The van der Waals surface area contributed by atoms with Crippen LogP contribution >= 0.6 is 0 Å². The molecule has 2 heterocycles. The lowest BCUT2D eigenvalue weighted by molar-refractivity contribution is -0.141. The van der Waals surface area contributed by atoms with Crippen molar-refractivity contribution >= 4 is 22.9 Å². The van der Waals surface area contributed by atoms with Crippen LogP contribution in [-0.2, 0) is 17.3 Å². The molecule has 214 valence electrons. The number of imidazole rings is 1. The fourth-order valence-corrected chi connectivity index (χ4v) is 6.60. The number of aryl methyl sites for hydroxylation is 1. The van der Waals surface area contributed by atoms with E-state index >= 15 is 0 Å². The van der Waals surface area contributed by atoms with Crippen molar-refractivity contribution in [2.45, 2.75) is 30.9 Å². The second-order valence-electron chi connectivity index (χ2n) is 11.0. The van der Waals surface area contributed by atoms with Crippen LogP contribution in [0.15, 0.2) is 72.8 Å². The highest BCUT2D eigenvalue weighted by Gasteiger charge is 2.49. The Labute approximate surface area is 237 Å². The van der Waals surface area contributed by atoms with Gasteiger partial charge in [0.15, 0.2) is 0 Å². The predicted octanol–water partition coefficient (Wildman–Crippen LogP) is 5.51. The van der Waals surface area contributed by atoms with Crippen molar-refractivity contribution < 1.29 is 18.0 Å². The van der Waals surface area contributed by atoms with Gasteiger partial charge in [0.25, 0.3) is 0 Å². The zero-order chi connectivity index (χ0) is 28.6. The maximum atomic E-state index is 13.7. The van der Waals surface area contributed by atoms with Crippen molar-refractivity contribution in [2.24, 2.45) is 7.05 Å². The van der Waals surface area contributed by atoms with Crippen LogP contribution in [0, 0.1) is 0 Å². The molecule has 0 unspecified atom stereocenters. The number of fused-ring (bicyclic) bond motifs is 4. The minimum atomic E-state index is -4.47. The number of benzene rings is 3. The Morgan fingerprint density at radius 3 is 2.12 bits per heavy atom. The molecule has 0 atom stereocenters. The second kappa shape index (κ2) is 10.9. The molecule has 9 heteroatoms. The number of nitrogens with one attached hydrogen (secondary N) is 1. The van der Waals surface area contributed by atoms with Gasteiger partial charge in [0, 0.05) is 33.2 Å². The van der Waals surface area contributed by atoms with E-state index in [0.717, 1.165) is 78.4 Å². The summed E-state index contributed by atoms with van der Waals surface area (Å²) in [7, 11) is 2.05. The van der Waals surface area contributed by atoms with Gasteiger partial charge in [-0.3, -0.25) is 9.69 Å². The van der Waals surface area contributed by atoms with Crippen molar-refractivity contribution in [3.05, 3.63) is 83.9 Å². The van der Waals surface area contributed by atoms with E-state index in [0.29, 0.717) is 12.8 Å². The minimum absolute atomic E-state index is 0.449. The van der Waals surface area contributed by atoms with E-state index in [1.807, 2.05) is 66.7 Å². The van der Waals surface area contributed by atoms with Gasteiger partial charge in [-0.05, 0) is 53.8 Å². The number of carbonyl (C=O) groups is 1. The number of amides is 1. The van der Waals surface area contributed by atoms with Gasteiger partial charge >= 0.3 is 6.18 Å². The Balaban J connectivity index is 1.13. The number of para-hydroxylation sites is 2. The number of hydrogen-bond donors (Lipinski definition) is 1. The third-order valence-electron chi connectivity index (χ3n) is 8.60. The summed E-state index contributed by atoms with van der Waals surface area (Å²) in [4.78, 5) is 23.2. The summed E-state index contributed by atoms with van der Waals surface area (Å²) in [5, 5.41) is 2.22. The monoisotopic (exact) mass is 561 g/mol. The number of unbranched alkanes of at least 4 members (excludes halogenated alkanes) is 1. The van der Waals surface area contributed by atoms with Crippen LogP contribution in [0.2, 0.25) is 0 Å². The minimum Gasteiger partial charge on any atom is -0.346 e. The van der Waals surface area contributed by atoms with Crippen molar-refractivity contribution in [2.75, 3.05) is 44.2 Å². The van der Waals surface area contributed by atoms with Crippen LogP contribution < -0.4 is 10.2 Å². The highest BCUT2D eigenvalue weighted by Crippen LogP contribution is 2.51. The van der Waals surface area contributed by atoms with Gasteiger partial charge in [-0.25, -0.2) is 4.98 Å². The molecule has 1 aliphatic carbocycles. The molecular formula is C32H34F3N5O. The predicted molar refractivity (Wildman–Crippen MR) is 155 cm³/mol. The lowest BCUT2D eigenvalue weighted by atomic mass is 9.73. The molecule has 1 aromatic heterocycles. The molecule has 0 spiro atoms. The van der Waals surface area contributed by atoms with Crippen molar-refractivity contribution in [1.29, 1.82) is 0 Å². The summed E-state index contributed by atoms with van der Waals surface area (Å²) in [6.07, 6.45) is -2.46. The average Bonchev–Trinajstić information content (AvgIpc) is 3.47. The Morgan fingerprint density at radius 2 is 1.49 bits per heavy atom. The average molecular weight is 562 g/mol. The normalized spacial score (nSPS) is 16.5. The van der Waals surface area contributed by atoms with Gasteiger partial charge in [-0.2, -0.15) is 13.2 Å². The second-order valence-corrected chi connectivity index (χ2v) is 11.0. The fraction of sp³-hybridized carbons (Fsp3) is 0.375. The highest BCUT2D eigenvalue weighted by atomic mass is 19.4. The molecule has 0 bridgehead atoms. The van der Waals surface area contributed by atoms with Gasteiger partial charge in [0.1, 0.15) is 12.0 Å². The topological polar surface area (TPSA) is 53.4 Å². The van der Waals surface area contributed by atoms with E-state index in [9.17, 15) is 18.0 Å². The number of carbonyl (C=O) groups excluding carboxylic acids is 1. The molecule has 41 heavy (non-hydrogen) atoms. The maximum absolute atomic E-state index is 13.7. The van der Waals surface area contributed by atoms with E-state index in [4.69, 9.17) is 4.98 Å².